The summed E-state index contributed by atoms with van der Waals surface area (Å²) in [5.74, 6) is 0.446. The van der Waals surface area contributed by atoms with Crippen molar-refractivity contribution >= 4 is 17.2 Å². The summed E-state index contributed by atoms with van der Waals surface area (Å²) in [6.07, 6.45) is 1.55. The Kier molecular flexibility index (Phi) is 1.42. The average molecular weight is 177 g/mol. The molecule has 0 atom stereocenters. The molecule has 2 heterocycles. The van der Waals surface area contributed by atoms with Crippen molar-refractivity contribution < 1.29 is 0 Å². The van der Waals surface area contributed by atoms with Crippen LogP contribution in [0.4, 0.5) is 11.5 Å². The van der Waals surface area contributed by atoms with E-state index in [-0.39, 0.29) is 0 Å². The molecule has 0 radical (unpaired) electrons. The summed E-state index contributed by atoms with van der Waals surface area (Å²) in [6.45, 7) is 3.87. The summed E-state index contributed by atoms with van der Waals surface area (Å²) in [5, 5.41) is 4.22. The maximum absolute atomic E-state index is 5.74. The van der Waals surface area contributed by atoms with Gasteiger partial charge in [-0.15, -0.1) is 0 Å². The highest BCUT2D eigenvalue weighted by molar-refractivity contribution is 5.64. The minimum Gasteiger partial charge on any atom is -0.394 e. The van der Waals surface area contributed by atoms with Gasteiger partial charge in [0.15, 0.2) is 11.5 Å². The van der Waals surface area contributed by atoms with Gasteiger partial charge in [0.1, 0.15) is 0 Å². The highest BCUT2D eigenvalue weighted by atomic mass is 15.3. The fourth-order valence-corrected chi connectivity index (χ4v) is 1.23. The lowest BCUT2D eigenvalue weighted by molar-refractivity contribution is 0.931. The van der Waals surface area contributed by atoms with E-state index < -0.39 is 0 Å². The zero-order valence-electron chi connectivity index (χ0n) is 7.57. The Bertz CT molecular complexity index is 471. The van der Waals surface area contributed by atoms with Crippen LogP contribution in [0.2, 0.25) is 0 Å². The van der Waals surface area contributed by atoms with Gasteiger partial charge < -0.3 is 11.5 Å². The largest absolute Gasteiger partial charge is 0.394 e. The lowest BCUT2D eigenvalue weighted by Gasteiger charge is -2.00. The summed E-state index contributed by atoms with van der Waals surface area (Å²) in [5.41, 5.74) is 14.5. The van der Waals surface area contributed by atoms with Gasteiger partial charge in [0.25, 0.3) is 0 Å². The molecule has 2 aromatic rings. The van der Waals surface area contributed by atoms with Crippen LogP contribution in [0.3, 0.4) is 0 Å². The molecule has 0 saturated heterocycles. The number of aromatic nitrogens is 3. The molecule has 0 saturated carbocycles. The van der Waals surface area contributed by atoms with Crippen molar-refractivity contribution in [2.45, 2.75) is 13.8 Å². The fraction of sp³-hybridized carbons (Fsp3) is 0.250. The summed E-state index contributed by atoms with van der Waals surface area (Å²) in [4.78, 5) is 4.16. The predicted octanol–water partition coefficient (Wildman–Crippen LogP) is 0.511. The molecular formula is C8H11N5. The summed E-state index contributed by atoms with van der Waals surface area (Å²) in [7, 11) is 0. The first-order chi connectivity index (χ1) is 6.11. The summed E-state index contributed by atoms with van der Waals surface area (Å²) in [6, 6.07) is 0. The Labute approximate surface area is 75.4 Å². The quantitative estimate of drug-likeness (QED) is 0.614. The van der Waals surface area contributed by atoms with E-state index in [1.54, 1.807) is 10.7 Å². The van der Waals surface area contributed by atoms with Crippen LogP contribution in [0.1, 0.15) is 11.3 Å². The van der Waals surface area contributed by atoms with E-state index in [2.05, 4.69) is 10.1 Å². The third-order valence-electron chi connectivity index (χ3n) is 2.18. The Morgan fingerprint density at radius 1 is 1.31 bits per heavy atom. The van der Waals surface area contributed by atoms with Gasteiger partial charge >= 0.3 is 0 Å². The Morgan fingerprint density at radius 3 is 2.69 bits per heavy atom. The zero-order valence-corrected chi connectivity index (χ0v) is 7.57. The van der Waals surface area contributed by atoms with E-state index in [1.807, 2.05) is 13.8 Å². The number of nitrogen functional groups attached to an aromatic ring is 2. The van der Waals surface area contributed by atoms with E-state index in [9.17, 15) is 0 Å². The Morgan fingerprint density at radius 2 is 2.00 bits per heavy atom. The molecule has 0 aliphatic heterocycles. The molecule has 68 valence electrons. The minimum atomic E-state index is 0.446. The Hall–Kier alpha value is -1.78. The third kappa shape index (κ3) is 0.932. The second-order valence-corrected chi connectivity index (χ2v) is 3.04. The van der Waals surface area contributed by atoms with Crippen LogP contribution in [0.5, 0.6) is 0 Å². The molecule has 0 aliphatic carbocycles. The van der Waals surface area contributed by atoms with E-state index in [1.165, 1.54) is 0 Å². The third-order valence-corrected chi connectivity index (χ3v) is 2.18. The number of hydrogen-bond donors (Lipinski definition) is 2. The molecular weight excluding hydrogens is 166 g/mol. The molecule has 5 nitrogen and oxygen atoms in total. The van der Waals surface area contributed by atoms with Crippen LogP contribution in [-0.2, 0) is 0 Å². The standard InChI is InChI=1S/C8H11N5/c1-4-5(2)12-13-7(10)6(9)3-11-8(4)13/h3H,9-10H2,1-2H3. The Balaban J connectivity index is 2.94. The molecule has 2 aromatic heterocycles. The van der Waals surface area contributed by atoms with E-state index in [0.717, 1.165) is 16.9 Å². The molecule has 0 amide bonds. The first-order valence-electron chi connectivity index (χ1n) is 3.97. The number of fused-ring (bicyclic) bond motifs is 1. The summed E-state index contributed by atoms with van der Waals surface area (Å²) >= 11 is 0. The molecule has 0 aromatic carbocycles. The predicted molar refractivity (Wildman–Crippen MR) is 51.3 cm³/mol. The van der Waals surface area contributed by atoms with E-state index >= 15 is 0 Å². The number of nitrogens with two attached hydrogens (primary N) is 2. The molecule has 0 bridgehead atoms. The first kappa shape index (κ1) is 7.85. The number of rotatable bonds is 0. The van der Waals surface area contributed by atoms with Crippen LogP contribution in [-0.4, -0.2) is 14.6 Å². The van der Waals surface area contributed by atoms with Crippen LogP contribution in [0.15, 0.2) is 6.20 Å². The normalized spacial score (nSPS) is 10.9. The van der Waals surface area contributed by atoms with E-state index in [4.69, 9.17) is 11.5 Å². The van der Waals surface area contributed by atoms with Crippen molar-refractivity contribution in [2.24, 2.45) is 0 Å². The molecule has 0 spiro atoms. The fourth-order valence-electron chi connectivity index (χ4n) is 1.23. The smallest absolute Gasteiger partial charge is 0.160 e. The van der Waals surface area contributed by atoms with Gasteiger partial charge in [0.05, 0.1) is 17.6 Å². The van der Waals surface area contributed by atoms with Crippen molar-refractivity contribution in [3.63, 3.8) is 0 Å². The highest BCUT2D eigenvalue weighted by Crippen LogP contribution is 2.18. The molecule has 0 unspecified atom stereocenters. The molecule has 0 fully saturated rings. The van der Waals surface area contributed by atoms with Crippen molar-refractivity contribution in [3.8, 4) is 0 Å². The number of hydrogen-bond acceptors (Lipinski definition) is 4. The minimum absolute atomic E-state index is 0.446. The molecule has 0 aliphatic rings. The summed E-state index contributed by atoms with van der Waals surface area (Å²) < 4.78 is 1.57. The molecule has 5 heteroatoms. The monoisotopic (exact) mass is 177 g/mol. The maximum Gasteiger partial charge on any atom is 0.160 e. The zero-order chi connectivity index (χ0) is 9.59. The second-order valence-electron chi connectivity index (χ2n) is 3.04. The van der Waals surface area contributed by atoms with Gasteiger partial charge in [-0.25, -0.2) is 4.98 Å². The van der Waals surface area contributed by atoms with Gasteiger partial charge in [-0.3, -0.25) is 0 Å². The lowest BCUT2D eigenvalue weighted by Crippen LogP contribution is -2.04. The van der Waals surface area contributed by atoms with Crippen LogP contribution in [0, 0.1) is 13.8 Å². The number of anilines is 2. The van der Waals surface area contributed by atoms with Crippen LogP contribution < -0.4 is 11.5 Å². The second kappa shape index (κ2) is 2.35. The van der Waals surface area contributed by atoms with Crippen molar-refractivity contribution in [1.82, 2.24) is 14.6 Å². The SMILES string of the molecule is Cc1nn2c(N)c(N)cnc2c1C. The molecule has 4 N–H and O–H groups in total. The first-order valence-corrected chi connectivity index (χ1v) is 3.97. The maximum atomic E-state index is 5.74. The van der Waals surface area contributed by atoms with Crippen molar-refractivity contribution in [3.05, 3.63) is 17.5 Å². The van der Waals surface area contributed by atoms with E-state index in [0.29, 0.717) is 11.5 Å². The van der Waals surface area contributed by atoms with Gasteiger partial charge in [0, 0.05) is 5.56 Å². The van der Waals surface area contributed by atoms with Gasteiger partial charge in [-0.1, -0.05) is 0 Å². The topological polar surface area (TPSA) is 82.2 Å². The van der Waals surface area contributed by atoms with Crippen molar-refractivity contribution in [2.75, 3.05) is 11.5 Å². The van der Waals surface area contributed by atoms with Gasteiger partial charge in [-0.2, -0.15) is 9.61 Å². The lowest BCUT2D eigenvalue weighted by atomic mass is 10.3. The molecule has 2 rings (SSSR count). The van der Waals surface area contributed by atoms with Crippen LogP contribution in [0.25, 0.3) is 5.65 Å². The highest BCUT2D eigenvalue weighted by Gasteiger charge is 2.09. The van der Waals surface area contributed by atoms with Crippen molar-refractivity contribution in [1.29, 1.82) is 0 Å². The number of aryl methyl sites for hydroxylation is 2. The van der Waals surface area contributed by atoms with Gasteiger partial charge in [-0.05, 0) is 13.8 Å². The van der Waals surface area contributed by atoms with Gasteiger partial charge in [0.2, 0.25) is 0 Å². The van der Waals surface area contributed by atoms with Crippen LogP contribution >= 0.6 is 0 Å². The average Bonchev–Trinajstić information content (AvgIpc) is 2.38. The molecule has 13 heavy (non-hydrogen) atoms. The number of nitrogens with zero attached hydrogens (tertiary/aromatic N) is 3.